The summed E-state index contributed by atoms with van der Waals surface area (Å²) in [5, 5.41) is 13.6. The van der Waals surface area contributed by atoms with Gasteiger partial charge >= 0.3 is 0 Å². The Hall–Kier alpha value is -2.58. The second-order valence-electron chi connectivity index (χ2n) is 14.2. The van der Waals surface area contributed by atoms with Gasteiger partial charge in [-0.25, -0.2) is 0 Å². The average molecular weight is 759 g/mol. The van der Waals surface area contributed by atoms with Crippen LogP contribution < -0.4 is 10.2 Å². The van der Waals surface area contributed by atoms with Gasteiger partial charge < -0.3 is 28.8 Å². The maximum Gasteiger partial charge on any atom is 0.268 e. The molecule has 302 valence electrons. The molecule has 1 amide bonds. The van der Waals surface area contributed by atoms with Gasteiger partial charge in [-0.05, 0) is 83.5 Å². The molecule has 0 aliphatic carbocycles. The molecule has 0 fully saturated rings. The molecule has 0 aromatic rings. The number of aliphatic hydroxyl groups excluding tert-OH is 1. The molecule has 0 heterocycles. The van der Waals surface area contributed by atoms with Crippen molar-refractivity contribution in [1.82, 2.24) is 5.32 Å². The van der Waals surface area contributed by atoms with Crippen LogP contribution in [0.5, 0.6) is 0 Å². The number of amides is 1. The van der Waals surface area contributed by atoms with E-state index < -0.39 is 26.6 Å². The molecule has 3 unspecified atom stereocenters. The van der Waals surface area contributed by atoms with Crippen molar-refractivity contribution in [3.8, 4) is 0 Å². The Morgan fingerprint density at radius 1 is 0.679 bits per heavy atom. The fraction of sp³-hybridized carbons (Fsp3) is 0.614. The summed E-state index contributed by atoms with van der Waals surface area (Å²) in [7, 11) is 1.19. The molecular formula is C44H75N2O6P. The van der Waals surface area contributed by atoms with Crippen LogP contribution in [0.1, 0.15) is 123 Å². The summed E-state index contributed by atoms with van der Waals surface area (Å²) in [6.45, 7) is 4.39. The van der Waals surface area contributed by atoms with E-state index in [-0.39, 0.29) is 18.9 Å². The predicted octanol–water partition coefficient (Wildman–Crippen LogP) is 10.2. The first-order valence-electron chi connectivity index (χ1n) is 20.1. The molecular weight excluding hydrogens is 683 g/mol. The standard InChI is InChI=1S/C44H75N2O6P/c1-6-8-10-12-14-16-18-19-20-21-22-23-24-25-26-27-28-30-32-34-36-38-44(48)45-42(41-52-53(49,50)51-40-39-46(3,4)5)43(47)37-35-33-31-29-17-15-13-11-9-7-2/h8,10,14,16-17,19-20,22-23,25-26,28-30,35,37,42-43,47H,6-7,9,11-13,15,18,21,24,27,31-34,36,38-41H2,1-5H3,(H-,45,48,49,50)/b10-8-,16-14-,20-19-,23-22-,26-25-,29-17+,30-28-,37-35+. The van der Waals surface area contributed by atoms with Crippen molar-refractivity contribution < 1.29 is 32.9 Å². The zero-order valence-electron chi connectivity index (χ0n) is 33.9. The molecule has 0 aromatic heterocycles. The van der Waals surface area contributed by atoms with Gasteiger partial charge in [0.1, 0.15) is 13.2 Å². The van der Waals surface area contributed by atoms with E-state index in [0.717, 1.165) is 70.6 Å². The highest BCUT2D eigenvalue weighted by atomic mass is 31.2. The van der Waals surface area contributed by atoms with E-state index in [1.165, 1.54) is 25.7 Å². The van der Waals surface area contributed by atoms with Crippen molar-refractivity contribution >= 4 is 13.7 Å². The molecule has 0 bridgehead atoms. The molecule has 0 aromatic carbocycles. The summed E-state index contributed by atoms with van der Waals surface area (Å²) in [5.74, 6) is -0.258. The van der Waals surface area contributed by atoms with E-state index in [0.29, 0.717) is 17.4 Å². The number of hydrogen-bond donors (Lipinski definition) is 2. The molecule has 0 rings (SSSR count). The largest absolute Gasteiger partial charge is 0.756 e. The zero-order chi connectivity index (χ0) is 39.3. The van der Waals surface area contributed by atoms with E-state index in [4.69, 9.17) is 9.05 Å². The number of nitrogens with zero attached hydrogens (tertiary/aromatic N) is 1. The minimum atomic E-state index is -4.61. The molecule has 2 N–H and O–H groups in total. The number of hydrogen-bond acceptors (Lipinski definition) is 6. The third-order valence-electron chi connectivity index (χ3n) is 8.03. The molecule has 3 atom stereocenters. The summed E-state index contributed by atoms with van der Waals surface area (Å²) < 4.78 is 23.0. The van der Waals surface area contributed by atoms with Gasteiger partial charge in [0.2, 0.25) is 5.91 Å². The van der Waals surface area contributed by atoms with Crippen LogP contribution in [-0.2, 0) is 18.4 Å². The smallest absolute Gasteiger partial charge is 0.268 e. The number of rotatable bonds is 34. The highest BCUT2D eigenvalue weighted by Gasteiger charge is 2.23. The number of unbranched alkanes of at least 4 members (excludes halogenated alkanes) is 7. The Balaban J connectivity index is 4.57. The van der Waals surface area contributed by atoms with Gasteiger partial charge in [-0.15, -0.1) is 0 Å². The number of phosphoric acid groups is 1. The SMILES string of the molecule is CC/C=C\C/C=C\C/C=C\C/C=C\C/C=C\C/C=C\CCCCC(=O)NC(COP(=O)([O-])OCC[N+](C)(C)C)C(O)/C=C/CC/C=C/CCCCCC. The minimum Gasteiger partial charge on any atom is -0.756 e. The Bertz CT molecular complexity index is 1180. The zero-order valence-corrected chi connectivity index (χ0v) is 34.8. The molecule has 9 heteroatoms. The quantitative estimate of drug-likeness (QED) is 0.0293. The normalized spacial score (nSPS) is 15.5. The van der Waals surface area contributed by atoms with Crippen LogP contribution in [0.3, 0.4) is 0 Å². The van der Waals surface area contributed by atoms with E-state index in [2.05, 4.69) is 104 Å². The molecule has 53 heavy (non-hydrogen) atoms. The molecule has 0 spiro atoms. The molecule has 8 nitrogen and oxygen atoms in total. The lowest BCUT2D eigenvalue weighted by atomic mass is 10.1. The van der Waals surface area contributed by atoms with Crippen LogP contribution >= 0.6 is 7.82 Å². The predicted molar refractivity (Wildman–Crippen MR) is 223 cm³/mol. The molecule has 0 aliphatic rings. The maximum absolute atomic E-state index is 12.8. The second kappa shape index (κ2) is 35.1. The average Bonchev–Trinajstić information content (AvgIpc) is 3.10. The fourth-order valence-corrected chi connectivity index (χ4v) is 5.54. The number of aliphatic hydroxyl groups is 1. The van der Waals surface area contributed by atoms with Crippen molar-refractivity contribution in [3.05, 3.63) is 97.2 Å². The van der Waals surface area contributed by atoms with Crippen LogP contribution in [0.15, 0.2) is 97.2 Å². The van der Waals surface area contributed by atoms with E-state index in [1.807, 2.05) is 27.2 Å². The van der Waals surface area contributed by atoms with Crippen LogP contribution in [-0.4, -0.2) is 68.5 Å². The second-order valence-corrected chi connectivity index (χ2v) is 15.7. The number of allylic oxidation sites excluding steroid dienone is 15. The number of likely N-dealkylation sites (N-methyl/N-ethyl adjacent to an activating group) is 1. The Kier molecular flexibility index (Phi) is 33.4. The van der Waals surface area contributed by atoms with E-state index >= 15 is 0 Å². The Labute approximate surface area is 324 Å². The van der Waals surface area contributed by atoms with Gasteiger partial charge in [-0.3, -0.25) is 9.36 Å². The summed E-state index contributed by atoms with van der Waals surface area (Å²) in [6, 6.07) is -0.930. The van der Waals surface area contributed by atoms with Gasteiger partial charge in [0.05, 0.1) is 39.9 Å². The number of carbonyl (C=O) groups is 1. The first-order valence-corrected chi connectivity index (χ1v) is 21.6. The first-order chi connectivity index (χ1) is 25.5. The first kappa shape index (κ1) is 50.4. The lowest BCUT2D eigenvalue weighted by Crippen LogP contribution is -2.45. The molecule has 0 radical (unpaired) electrons. The molecule has 0 aliphatic heterocycles. The van der Waals surface area contributed by atoms with Crippen LogP contribution in [0.25, 0.3) is 0 Å². The number of nitrogens with one attached hydrogen (secondary N) is 1. The molecule has 0 saturated heterocycles. The van der Waals surface area contributed by atoms with Crippen molar-refractivity contribution in [3.63, 3.8) is 0 Å². The van der Waals surface area contributed by atoms with Gasteiger partial charge in [-0.1, -0.05) is 130 Å². The van der Waals surface area contributed by atoms with Crippen molar-refractivity contribution in [2.24, 2.45) is 0 Å². The minimum absolute atomic E-state index is 0.0212. The van der Waals surface area contributed by atoms with Crippen LogP contribution in [0.4, 0.5) is 0 Å². The van der Waals surface area contributed by atoms with Gasteiger partial charge in [0.25, 0.3) is 7.82 Å². The Morgan fingerprint density at radius 2 is 1.17 bits per heavy atom. The third kappa shape index (κ3) is 37.5. The van der Waals surface area contributed by atoms with Crippen LogP contribution in [0, 0.1) is 0 Å². The summed E-state index contributed by atoms with van der Waals surface area (Å²) in [4.78, 5) is 25.2. The highest BCUT2D eigenvalue weighted by molar-refractivity contribution is 7.45. The van der Waals surface area contributed by atoms with Gasteiger partial charge in [0, 0.05) is 6.42 Å². The third-order valence-corrected chi connectivity index (χ3v) is 8.99. The summed E-state index contributed by atoms with van der Waals surface area (Å²) in [5.41, 5.74) is 0. The number of phosphoric ester groups is 1. The van der Waals surface area contributed by atoms with Crippen molar-refractivity contribution in [2.75, 3.05) is 40.9 Å². The number of carbonyl (C=O) groups excluding carboxylic acids is 1. The molecule has 0 saturated carbocycles. The highest BCUT2D eigenvalue weighted by Crippen LogP contribution is 2.38. The fourth-order valence-electron chi connectivity index (χ4n) is 4.81. The lowest BCUT2D eigenvalue weighted by molar-refractivity contribution is -0.870. The van der Waals surface area contributed by atoms with Gasteiger partial charge in [-0.2, -0.15) is 0 Å². The number of quaternary nitrogens is 1. The Morgan fingerprint density at radius 3 is 1.72 bits per heavy atom. The van der Waals surface area contributed by atoms with Crippen molar-refractivity contribution in [1.29, 1.82) is 0 Å². The summed E-state index contributed by atoms with van der Waals surface area (Å²) in [6.07, 6.45) is 48.9. The van der Waals surface area contributed by atoms with Gasteiger partial charge in [0.15, 0.2) is 0 Å². The van der Waals surface area contributed by atoms with E-state index in [1.54, 1.807) is 6.08 Å². The maximum atomic E-state index is 12.8. The summed E-state index contributed by atoms with van der Waals surface area (Å²) >= 11 is 0. The topological polar surface area (TPSA) is 108 Å². The lowest BCUT2D eigenvalue weighted by Gasteiger charge is -2.29. The van der Waals surface area contributed by atoms with Crippen LogP contribution in [0.2, 0.25) is 0 Å². The van der Waals surface area contributed by atoms with Crippen molar-refractivity contribution in [2.45, 2.75) is 135 Å². The monoisotopic (exact) mass is 759 g/mol. The van der Waals surface area contributed by atoms with E-state index in [9.17, 15) is 19.4 Å².